The van der Waals surface area contributed by atoms with Crippen molar-refractivity contribution in [3.05, 3.63) is 16.6 Å². The van der Waals surface area contributed by atoms with Gasteiger partial charge >= 0.3 is 5.97 Å². The van der Waals surface area contributed by atoms with E-state index in [2.05, 4.69) is 4.98 Å². The van der Waals surface area contributed by atoms with Crippen molar-refractivity contribution in [3.63, 3.8) is 0 Å². The van der Waals surface area contributed by atoms with E-state index < -0.39 is 12.0 Å². The molecule has 0 aromatic carbocycles. The largest absolute Gasteiger partial charge is 0.480 e. The van der Waals surface area contributed by atoms with Crippen molar-refractivity contribution in [2.45, 2.75) is 57.0 Å². The molecule has 2 fully saturated rings. The Morgan fingerprint density at radius 1 is 1.38 bits per heavy atom. The second-order valence-electron chi connectivity index (χ2n) is 5.93. The molecule has 6 heteroatoms. The molecule has 0 spiro atoms. The summed E-state index contributed by atoms with van der Waals surface area (Å²) in [5.74, 6) is -0.498. The summed E-state index contributed by atoms with van der Waals surface area (Å²) in [5.41, 5.74) is 0. The van der Waals surface area contributed by atoms with Crippen LogP contribution in [-0.2, 0) is 16.0 Å². The molecule has 1 aliphatic heterocycles. The maximum Gasteiger partial charge on any atom is 0.326 e. The van der Waals surface area contributed by atoms with Crippen LogP contribution in [0, 0.1) is 5.92 Å². The monoisotopic (exact) mass is 308 g/mol. The van der Waals surface area contributed by atoms with Gasteiger partial charge in [0.2, 0.25) is 5.91 Å². The Labute approximate surface area is 128 Å². The molecule has 3 unspecified atom stereocenters. The second kappa shape index (κ2) is 6.13. The van der Waals surface area contributed by atoms with E-state index in [4.69, 9.17) is 0 Å². The minimum atomic E-state index is -0.855. The van der Waals surface area contributed by atoms with Crippen LogP contribution in [-0.4, -0.2) is 39.0 Å². The van der Waals surface area contributed by atoms with Gasteiger partial charge in [0, 0.05) is 30.5 Å². The van der Waals surface area contributed by atoms with Gasteiger partial charge in [-0.3, -0.25) is 4.79 Å². The molecule has 5 nitrogen and oxygen atoms in total. The molecule has 0 radical (unpaired) electrons. The third kappa shape index (κ3) is 2.95. The van der Waals surface area contributed by atoms with E-state index in [0.717, 1.165) is 30.7 Å². The van der Waals surface area contributed by atoms with E-state index in [-0.39, 0.29) is 11.9 Å². The van der Waals surface area contributed by atoms with Gasteiger partial charge in [-0.2, -0.15) is 0 Å². The van der Waals surface area contributed by atoms with E-state index >= 15 is 0 Å². The zero-order valence-corrected chi connectivity index (χ0v) is 12.7. The molecule has 1 aromatic rings. The van der Waals surface area contributed by atoms with Gasteiger partial charge in [-0.1, -0.05) is 12.8 Å². The molecule has 1 saturated carbocycles. The first-order valence-corrected chi connectivity index (χ1v) is 8.47. The first-order chi connectivity index (χ1) is 10.2. The fourth-order valence-electron chi connectivity index (χ4n) is 3.76. The lowest BCUT2D eigenvalue weighted by atomic mass is 9.84. The predicted molar refractivity (Wildman–Crippen MR) is 79.1 cm³/mol. The fraction of sp³-hybridized carbons (Fsp3) is 0.667. The molecule has 21 heavy (non-hydrogen) atoms. The van der Waals surface area contributed by atoms with Crippen LogP contribution in [0.2, 0.25) is 0 Å². The SMILES string of the molecule is O=C(O)C1CC2CCCCC2N1C(=O)CCc1nccs1. The van der Waals surface area contributed by atoms with Gasteiger partial charge < -0.3 is 10.0 Å². The van der Waals surface area contributed by atoms with Gasteiger partial charge in [-0.05, 0) is 25.2 Å². The van der Waals surface area contributed by atoms with Crippen LogP contribution >= 0.6 is 11.3 Å². The Morgan fingerprint density at radius 2 is 2.19 bits per heavy atom. The van der Waals surface area contributed by atoms with Crippen molar-refractivity contribution in [3.8, 4) is 0 Å². The summed E-state index contributed by atoms with van der Waals surface area (Å²) in [6, 6.07) is -0.481. The van der Waals surface area contributed by atoms with Crippen LogP contribution in [0.25, 0.3) is 0 Å². The number of thiazole rings is 1. The van der Waals surface area contributed by atoms with Crippen LogP contribution in [0.3, 0.4) is 0 Å². The fourth-order valence-corrected chi connectivity index (χ4v) is 4.38. The predicted octanol–water partition coefficient (Wildman–Crippen LogP) is 2.32. The van der Waals surface area contributed by atoms with Crippen LogP contribution in [0.15, 0.2) is 11.6 Å². The number of aliphatic carboxylic acids is 1. The molecule has 1 aliphatic carbocycles. The number of likely N-dealkylation sites (tertiary alicyclic amines) is 1. The molecule has 1 amide bonds. The Balaban J connectivity index is 1.70. The normalized spacial score (nSPS) is 28.4. The topological polar surface area (TPSA) is 70.5 Å². The van der Waals surface area contributed by atoms with Gasteiger partial charge in [0.25, 0.3) is 0 Å². The summed E-state index contributed by atoms with van der Waals surface area (Å²) in [6.07, 6.45) is 7.61. The quantitative estimate of drug-likeness (QED) is 0.926. The number of hydrogen-bond acceptors (Lipinski definition) is 4. The van der Waals surface area contributed by atoms with Crippen molar-refractivity contribution in [1.82, 2.24) is 9.88 Å². The van der Waals surface area contributed by atoms with Gasteiger partial charge in [0.05, 0.1) is 5.01 Å². The number of hydrogen-bond donors (Lipinski definition) is 1. The number of aryl methyl sites for hydroxylation is 1. The highest BCUT2D eigenvalue weighted by Gasteiger charge is 2.47. The average molecular weight is 308 g/mol. The number of carboxylic acids is 1. The molecule has 2 aliphatic rings. The number of carboxylic acid groups (broad SMARTS) is 1. The molecule has 2 heterocycles. The number of nitrogens with zero attached hydrogens (tertiary/aromatic N) is 2. The highest BCUT2D eigenvalue weighted by molar-refractivity contribution is 7.09. The van der Waals surface area contributed by atoms with Crippen LogP contribution < -0.4 is 0 Å². The molecule has 114 valence electrons. The number of carbonyl (C=O) groups excluding carboxylic acids is 1. The van der Waals surface area contributed by atoms with Crippen molar-refractivity contribution < 1.29 is 14.7 Å². The van der Waals surface area contributed by atoms with Gasteiger partial charge in [-0.15, -0.1) is 11.3 Å². The summed E-state index contributed by atoms with van der Waals surface area (Å²) in [7, 11) is 0. The van der Waals surface area contributed by atoms with Crippen molar-refractivity contribution in [2.75, 3.05) is 0 Å². The lowest BCUT2D eigenvalue weighted by Gasteiger charge is -2.33. The highest BCUT2D eigenvalue weighted by atomic mass is 32.1. The summed E-state index contributed by atoms with van der Waals surface area (Å²) in [4.78, 5) is 29.9. The number of carbonyl (C=O) groups is 2. The van der Waals surface area contributed by atoms with E-state index in [1.807, 2.05) is 5.38 Å². The molecule has 0 bridgehead atoms. The number of rotatable bonds is 4. The van der Waals surface area contributed by atoms with Crippen LogP contribution in [0.4, 0.5) is 0 Å². The Morgan fingerprint density at radius 3 is 2.90 bits per heavy atom. The molecule has 1 N–H and O–H groups in total. The van der Waals surface area contributed by atoms with Crippen molar-refractivity contribution in [2.24, 2.45) is 5.92 Å². The molecule has 3 rings (SSSR count). The summed E-state index contributed by atoms with van der Waals surface area (Å²) in [6.45, 7) is 0. The second-order valence-corrected chi connectivity index (χ2v) is 6.91. The smallest absolute Gasteiger partial charge is 0.326 e. The van der Waals surface area contributed by atoms with Crippen LogP contribution in [0.1, 0.15) is 43.5 Å². The summed E-state index contributed by atoms with van der Waals surface area (Å²) in [5, 5.41) is 12.3. The highest BCUT2D eigenvalue weighted by Crippen LogP contribution is 2.40. The first kappa shape index (κ1) is 14.5. The summed E-state index contributed by atoms with van der Waals surface area (Å²) < 4.78 is 0. The van der Waals surface area contributed by atoms with Gasteiger partial charge in [-0.25, -0.2) is 9.78 Å². The molecule has 1 aromatic heterocycles. The lowest BCUT2D eigenvalue weighted by Crippen LogP contribution is -2.46. The maximum atomic E-state index is 12.5. The van der Waals surface area contributed by atoms with E-state index in [1.165, 1.54) is 11.3 Å². The Bertz CT molecular complexity index is 517. The Hall–Kier alpha value is -1.43. The van der Waals surface area contributed by atoms with E-state index in [0.29, 0.717) is 25.2 Å². The van der Waals surface area contributed by atoms with Crippen molar-refractivity contribution in [1.29, 1.82) is 0 Å². The zero-order valence-electron chi connectivity index (χ0n) is 11.9. The summed E-state index contributed by atoms with van der Waals surface area (Å²) >= 11 is 1.54. The molecular weight excluding hydrogens is 288 g/mol. The van der Waals surface area contributed by atoms with Crippen LogP contribution in [0.5, 0.6) is 0 Å². The number of fused-ring (bicyclic) bond motifs is 1. The van der Waals surface area contributed by atoms with Crippen molar-refractivity contribution >= 4 is 23.2 Å². The van der Waals surface area contributed by atoms with E-state index in [1.54, 1.807) is 11.1 Å². The Kier molecular flexibility index (Phi) is 4.24. The lowest BCUT2D eigenvalue weighted by molar-refractivity contribution is -0.149. The average Bonchev–Trinajstić information content (AvgIpc) is 3.11. The van der Waals surface area contributed by atoms with E-state index in [9.17, 15) is 14.7 Å². The minimum Gasteiger partial charge on any atom is -0.480 e. The van der Waals surface area contributed by atoms with Gasteiger partial charge in [0.15, 0.2) is 0 Å². The first-order valence-electron chi connectivity index (χ1n) is 7.59. The van der Waals surface area contributed by atoms with Gasteiger partial charge in [0.1, 0.15) is 6.04 Å². The number of aromatic nitrogens is 1. The number of amides is 1. The third-order valence-electron chi connectivity index (χ3n) is 4.70. The molecular formula is C15H20N2O3S. The maximum absolute atomic E-state index is 12.5. The zero-order chi connectivity index (χ0) is 14.8. The standard InChI is InChI=1S/C15H20N2O3S/c18-14(6-5-13-16-7-8-21-13)17-11-4-2-1-3-10(11)9-12(17)15(19)20/h7-8,10-12H,1-6,9H2,(H,19,20). The molecule has 1 saturated heterocycles. The third-order valence-corrected chi connectivity index (χ3v) is 5.54. The molecule has 3 atom stereocenters. The minimum absolute atomic E-state index is 0.0213.